The van der Waals surface area contributed by atoms with Crippen molar-refractivity contribution in [2.24, 2.45) is 0 Å². The summed E-state index contributed by atoms with van der Waals surface area (Å²) in [6, 6.07) is 9.74. The van der Waals surface area contributed by atoms with Gasteiger partial charge in [-0.3, -0.25) is 14.5 Å². The Labute approximate surface area is 199 Å². The second-order valence-corrected chi connectivity index (χ2v) is 9.02. The fraction of sp³-hybridized carbons (Fsp3) is 0.208. The Balaban J connectivity index is 1.39. The van der Waals surface area contributed by atoms with Crippen molar-refractivity contribution in [2.45, 2.75) is 25.7 Å². The van der Waals surface area contributed by atoms with Crippen LogP contribution in [-0.2, 0) is 25.7 Å². The van der Waals surface area contributed by atoms with Crippen molar-refractivity contribution in [3.8, 4) is 11.4 Å². The molecular weight excluding hydrogens is 515 g/mol. The quantitative estimate of drug-likeness (QED) is 0.407. The molecule has 1 aliphatic rings. The van der Waals surface area contributed by atoms with Crippen LogP contribution < -0.4 is 11.0 Å². The van der Waals surface area contributed by atoms with E-state index in [4.69, 9.17) is 4.42 Å². The maximum absolute atomic E-state index is 12.9. The zero-order valence-corrected chi connectivity index (χ0v) is 19.2. The number of benzene rings is 2. The average Bonchev–Trinajstić information content (AvgIpc) is 2.81. The number of halogens is 4. The number of rotatable bonds is 3. The van der Waals surface area contributed by atoms with E-state index in [1.807, 2.05) is 4.90 Å². The monoisotopic (exact) mass is 531 g/mol. The molecule has 2 aromatic carbocycles. The summed E-state index contributed by atoms with van der Waals surface area (Å²) in [5, 5.41) is 0.477. The largest absolute Gasteiger partial charge is 0.464 e. The van der Waals surface area contributed by atoms with Crippen LogP contribution in [0.15, 0.2) is 67.2 Å². The Morgan fingerprint density at radius 3 is 2.62 bits per heavy atom. The van der Waals surface area contributed by atoms with Crippen LogP contribution in [0.4, 0.5) is 13.2 Å². The normalized spacial score (nSPS) is 14.4. The van der Waals surface area contributed by atoms with Gasteiger partial charge in [0.2, 0.25) is 0 Å². The molecular formula is C24H17BrF3N3O3. The second-order valence-electron chi connectivity index (χ2n) is 8.11. The average molecular weight is 532 g/mol. The Morgan fingerprint density at radius 2 is 1.88 bits per heavy atom. The Morgan fingerprint density at radius 1 is 1.12 bits per heavy atom. The molecule has 0 unspecified atom stereocenters. The van der Waals surface area contributed by atoms with Crippen molar-refractivity contribution in [3.05, 3.63) is 96.2 Å². The number of nitrogens with zero attached hydrogens (tertiary/aromatic N) is 2. The first kappa shape index (κ1) is 22.5. The molecule has 6 nitrogen and oxygen atoms in total. The van der Waals surface area contributed by atoms with Crippen LogP contribution >= 0.6 is 15.9 Å². The van der Waals surface area contributed by atoms with E-state index in [0.717, 1.165) is 16.6 Å². The third-order valence-electron chi connectivity index (χ3n) is 5.83. The minimum absolute atomic E-state index is 0.127. The minimum atomic E-state index is -4.43. The number of aromatic nitrogens is 2. The number of alkyl halides is 3. The lowest BCUT2D eigenvalue weighted by Crippen LogP contribution is -2.36. The predicted molar refractivity (Wildman–Crippen MR) is 123 cm³/mol. The number of H-pyrrole nitrogens is 1. The summed E-state index contributed by atoms with van der Waals surface area (Å²) >= 11 is 3.36. The van der Waals surface area contributed by atoms with Crippen LogP contribution in [0, 0.1) is 0 Å². The third kappa shape index (κ3) is 4.30. The van der Waals surface area contributed by atoms with Gasteiger partial charge in [0.1, 0.15) is 11.4 Å². The lowest BCUT2D eigenvalue weighted by molar-refractivity contribution is -0.137. The van der Waals surface area contributed by atoms with Gasteiger partial charge in [-0.1, -0.05) is 28.1 Å². The van der Waals surface area contributed by atoms with Gasteiger partial charge in [0.05, 0.1) is 28.5 Å². The van der Waals surface area contributed by atoms with Gasteiger partial charge in [0.15, 0.2) is 5.43 Å². The van der Waals surface area contributed by atoms with Crippen LogP contribution in [0.5, 0.6) is 0 Å². The van der Waals surface area contributed by atoms with E-state index in [0.29, 0.717) is 59.4 Å². The third-order valence-corrected chi connectivity index (χ3v) is 6.33. The Hall–Kier alpha value is -3.24. The number of hydrogen-bond donors (Lipinski definition) is 1. The van der Waals surface area contributed by atoms with Crippen molar-refractivity contribution in [3.63, 3.8) is 0 Å². The topological polar surface area (TPSA) is 79.2 Å². The number of hydrogen-bond acceptors (Lipinski definition) is 5. The zero-order chi connectivity index (χ0) is 24.0. The Kier molecular flexibility index (Phi) is 5.65. The van der Waals surface area contributed by atoms with Gasteiger partial charge >= 0.3 is 6.18 Å². The van der Waals surface area contributed by atoms with E-state index >= 15 is 0 Å². The van der Waals surface area contributed by atoms with E-state index < -0.39 is 11.7 Å². The smallest absolute Gasteiger partial charge is 0.416 e. The fourth-order valence-corrected chi connectivity index (χ4v) is 4.42. The van der Waals surface area contributed by atoms with Crippen LogP contribution in [0.2, 0.25) is 0 Å². The molecule has 0 fully saturated rings. The minimum Gasteiger partial charge on any atom is -0.464 e. The van der Waals surface area contributed by atoms with Crippen LogP contribution in [0.25, 0.3) is 22.4 Å². The number of aromatic amines is 1. The molecule has 2 aromatic heterocycles. The highest BCUT2D eigenvalue weighted by atomic mass is 79.9. The summed E-state index contributed by atoms with van der Waals surface area (Å²) < 4.78 is 44.8. The summed E-state index contributed by atoms with van der Waals surface area (Å²) in [4.78, 5) is 34.8. The molecule has 0 aliphatic carbocycles. The van der Waals surface area contributed by atoms with Gasteiger partial charge in [-0.25, -0.2) is 4.98 Å². The molecule has 5 rings (SSSR count). The van der Waals surface area contributed by atoms with E-state index in [2.05, 4.69) is 25.9 Å². The van der Waals surface area contributed by atoms with Gasteiger partial charge in [-0.05, 0) is 30.3 Å². The SMILES string of the molecule is O=c1[nH]c(-c2ccc(C(F)(F)F)cc2)nc2c1CN(Cc1coc3ccc(Br)cc3c1=O)CC2. The summed E-state index contributed by atoms with van der Waals surface area (Å²) in [6.45, 7) is 1.16. The molecule has 34 heavy (non-hydrogen) atoms. The van der Waals surface area contributed by atoms with Crippen LogP contribution in [0.1, 0.15) is 22.4 Å². The van der Waals surface area contributed by atoms with Crippen molar-refractivity contribution in [1.82, 2.24) is 14.9 Å². The molecule has 0 saturated heterocycles. The van der Waals surface area contributed by atoms with Gasteiger partial charge in [0.25, 0.3) is 5.56 Å². The Bertz CT molecular complexity index is 1510. The maximum Gasteiger partial charge on any atom is 0.416 e. The fourth-order valence-electron chi connectivity index (χ4n) is 4.06. The first-order valence-corrected chi connectivity index (χ1v) is 11.2. The molecule has 174 valence electrons. The molecule has 1 N–H and O–H groups in total. The second kappa shape index (κ2) is 8.52. The van der Waals surface area contributed by atoms with E-state index in [-0.39, 0.29) is 16.8 Å². The van der Waals surface area contributed by atoms with Gasteiger partial charge < -0.3 is 9.40 Å². The molecule has 0 radical (unpaired) electrons. The zero-order valence-electron chi connectivity index (χ0n) is 17.6. The lowest BCUT2D eigenvalue weighted by atomic mass is 10.0. The highest BCUT2D eigenvalue weighted by molar-refractivity contribution is 9.10. The molecule has 1 aliphatic heterocycles. The summed E-state index contributed by atoms with van der Waals surface area (Å²) in [7, 11) is 0. The lowest BCUT2D eigenvalue weighted by Gasteiger charge is -2.27. The molecule has 0 atom stereocenters. The highest BCUT2D eigenvalue weighted by Crippen LogP contribution is 2.30. The molecule has 0 bridgehead atoms. The van der Waals surface area contributed by atoms with E-state index in [1.54, 1.807) is 18.2 Å². The molecule has 0 saturated carbocycles. The first-order chi connectivity index (χ1) is 16.2. The van der Waals surface area contributed by atoms with Crippen molar-refractivity contribution >= 4 is 26.9 Å². The predicted octanol–water partition coefficient (Wildman–Crippen LogP) is 4.88. The first-order valence-electron chi connectivity index (χ1n) is 10.4. The highest BCUT2D eigenvalue weighted by Gasteiger charge is 2.30. The van der Waals surface area contributed by atoms with Crippen LogP contribution in [-0.4, -0.2) is 21.4 Å². The summed E-state index contributed by atoms with van der Waals surface area (Å²) in [5.41, 5.74) is 1.22. The van der Waals surface area contributed by atoms with E-state index in [1.165, 1.54) is 18.4 Å². The molecule has 4 aromatic rings. The van der Waals surface area contributed by atoms with Gasteiger partial charge in [-0.15, -0.1) is 0 Å². The number of nitrogens with one attached hydrogen (secondary N) is 1. The molecule has 0 spiro atoms. The summed E-state index contributed by atoms with van der Waals surface area (Å²) in [6.07, 6.45) is -2.51. The van der Waals surface area contributed by atoms with Crippen molar-refractivity contribution in [2.75, 3.05) is 6.54 Å². The summed E-state index contributed by atoms with van der Waals surface area (Å²) in [5.74, 6) is 0.228. The van der Waals surface area contributed by atoms with Gasteiger partial charge in [0, 0.05) is 41.7 Å². The molecule has 0 amide bonds. The molecule has 10 heteroatoms. The van der Waals surface area contributed by atoms with Crippen LogP contribution in [0.3, 0.4) is 0 Å². The standard InChI is InChI=1S/C24H17BrF3N3O3/c25-16-5-6-20-17(9-16)21(32)14(12-34-20)10-31-8-7-19-18(11-31)23(33)30-22(29-19)13-1-3-15(4-2-13)24(26,27)28/h1-6,9,12H,7-8,10-11H2,(H,29,30,33). The van der Waals surface area contributed by atoms with Crippen molar-refractivity contribution in [1.29, 1.82) is 0 Å². The number of fused-ring (bicyclic) bond motifs is 2. The maximum atomic E-state index is 12.9. The molecule has 3 heterocycles. The van der Waals surface area contributed by atoms with Crippen molar-refractivity contribution < 1.29 is 17.6 Å². The van der Waals surface area contributed by atoms with E-state index in [9.17, 15) is 22.8 Å². The van der Waals surface area contributed by atoms with Gasteiger partial charge in [-0.2, -0.15) is 13.2 Å².